The maximum Gasteiger partial charge on any atom is 0.239 e. The molecule has 2 heterocycles. The summed E-state index contributed by atoms with van der Waals surface area (Å²) in [6.45, 7) is 3.92. The van der Waals surface area contributed by atoms with Crippen LogP contribution >= 0.6 is 11.6 Å². The van der Waals surface area contributed by atoms with Crippen molar-refractivity contribution in [3.05, 3.63) is 107 Å². The zero-order chi connectivity index (χ0) is 20.1. The molecule has 2 aromatic carbocycles. The first-order valence-electron chi connectivity index (χ1n) is 9.80. The second-order valence-corrected chi connectivity index (χ2v) is 7.56. The highest BCUT2D eigenvalue weighted by molar-refractivity contribution is 6.32. The number of hydrogen-bond acceptors (Lipinski definition) is 3. The third kappa shape index (κ3) is 4.66. The van der Waals surface area contributed by atoms with Crippen LogP contribution in [0.25, 0.3) is 0 Å². The van der Waals surface area contributed by atoms with E-state index >= 15 is 0 Å². The summed E-state index contributed by atoms with van der Waals surface area (Å²) >= 11 is 6.46. The average molecular weight is 405 g/mol. The molecular weight excluding hydrogens is 382 g/mol. The maximum atomic E-state index is 13.5. The average Bonchev–Trinajstić information content (AvgIpc) is 2.77. The molecule has 1 aliphatic heterocycles. The summed E-state index contributed by atoms with van der Waals surface area (Å²) < 4.78 is 0. The summed E-state index contributed by atoms with van der Waals surface area (Å²) in [4.78, 5) is 22.0. The van der Waals surface area contributed by atoms with Gasteiger partial charge in [0.25, 0.3) is 0 Å². The Balaban J connectivity index is 1.50. The molecule has 3 aromatic rings. The molecule has 1 aliphatic rings. The topological polar surface area (TPSA) is 36.4 Å². The quantitative estimate of drug-likeness (QED) is 0.643. The van der Waals surface area contributed by atoms with Crippen LogP contribution in [0, 0.1) is 5.92 Å². The molecule has 0 saturated carbocycles. The van der Waals surface area contributed by atoms with Gasteiger partial charge >= 0.3 is 0 Å². The number of piperazine rings is 1. The van der Waals surface area contributed by atoms with E-state index in [1.54, 1.807) is 6.20 Å². The smallest absolute Gasteiger partial charge is 0.239 e. The van der Waals surface area contributed by atoms with Crippen LogP contribution in [0.5, 0.6) is 0 Å². The summed E-state index contributed by atoms with van der Waals surface area (Å²) in [5.74, 6) is 0.697. The molecule has 1 radical (unpaired) electrons. The predicted octanol–water partition coefficient (Wildman–Crippen LogP) is 4.05. The van der Waals surface area contributed by atoms with Gasteiger partial charge in [0.05, 0.1) is 0 Å². The Hall–Kier alpha value is -2.69. The highest BCUT2D eigenvalue weighted by atomic mass is 35.5. The molecule has 147 valence electrons. The molecule has 0 atom stereocenters. The lowest BCUT2D eigenvalue weighted by atomic mass is 9.89. The number of aromatic nitrogens is 1. The molecule has 29 heavy (non-hydrogen) atoms. The number of carbonyl (C=O) groups excluding carboxylic acids is 1. The molecule has 0 bridgehead atoms. The number of amides is 1. The minimum Gasteiger partial charge on any atom is -0.339 e. The highest BCUT2D eigenvalue weighted by Crippen LogP contribution is 2.31. The van der Waals surface area contributed by atoms with Crippen molar-refractivity contribution < 1.29 is 4.79 Å². The van der Waals surface area contributed by atoms with Crippen LogP contribution in [0.2, 0.25) is 5.02 Å². The Morgan fingerprint density at radius 2 is 1.62 bits per heavy atom. The van der Waals surface area contributed by atoms with Gasteiger partial charge in [-0.1, -0.05) is 66.2 Å². The maximum absolute atomic E-state index is 13.5. The minimum absolute atomic E-state index is 0.0327. The van der Waals surface area contributed by atoms with Crippen molar-refractivity contribution in [1.29, 1.82) is 0 Å². The molecule has 1 amide bonds. The number of rotatable bonds is 5. The largest absolute Gasteiger partial charge is 0.339 e. The van der Waals surface area contributed by atoms with Crippen LogP contribution in [-0.4, -0.2) is 46.9 Å². The second kappa shape index (κ2) is 9.21. The Kier molecular flexibility index (Phi) is 6.23. The molecule has 1 aromatic heterocycles. The van der Waals surface area contributed by atoms with Crippen LogP contribution < -0.4 is 0 Å². The highest BCUT2D eigenvalue weighted by Gasteiger charge is 2.31. The Morgan fingerprint density at radius 1 is 0.897 bits per heavy atom. The van der Waals surface area contributed by atoms with Crippen molar-refractivity contribution >= 4 is 17.5 Å². The SMILES string of the molecule is O=C([C](c1ccccc1)c1ccccc1Cl)N1CCN(Cc2cccnc2)CC1. The molecular formula is C24H23ClN3O. The second-order valence-electron chi connectivity index (χ2n) is 7.15. The fraction of sp³-hybridized carbons (Fsp3) is 0.208. The lowest BCUT2D eigenvalue weighted by Crippen LogP contribution is -2.49. The predicted molar refractivity (Wildman–Crippen MR) is 115 cm³/mol. The fourth-order valence-electron chi connectivity index (χ4n) is 3.68. The van der Waals surface area contributed by atoms with Gasteiger partial charge in [0.15, 0.2) is 0 Å². The van der Waals surface area contributed by atoms with Crippen molar-refractivity contribution in [2.24, 2.45) is 0 Å². The van der Waals surface area contributed by atoms with Crippen LogP contribution in [-0.2, 0) is 11.3 Å². The van der Waals surface area contributed by atoms with Gasteiger partial charge in [-0.05, 0) is 28.8 Å². The monoisotopic (exact) mass is 404 g/mol. The summed E-state index contributed by atoms with van der Waals surface area (Å²) in [6, 6.07) is 21.4. The number of pyridine rings is 1. The van der Waals surface area contributed by atoms with Crippen LogP contribution in [0.3, 0.4) is 0 Å². The van der Waals surface area contributed by atoms with Gasteiger partial charge in [-0.15, -0.1) is 0 Å². The number of nitrogens with zero attached hydrogens (tertiary/aromatic N) is 3. The Morgan fingerprint density at radius 3 is 2.31 bits per heavy atom. The summed E-state index contributed by atoms with van der Waals surface area (Å²) in [6.07, 6.45) is 3.69. The molecule has 0 spiro atoms. The molecule has 1 fully saturated rings. The number of halogens is 1. The third-order valence-corrected chi connectivity index (χ3v) is 5.54. The number of benzene rings is 2. The van der Waals surface area contributed by atoms with Crippen LogP contribution in [0.4, 0.5) is 0 Å². The third-order valence-electron chi connectivity index (χ3n) is 5.21. The van der Waals surface area contributed by atoms with Crippen LogP contribution in [0.15, 0.2) is 79.1 Å². The van der Waals surface area contributed by atoms with E-state index in [0.717, 1.165) is 30.8 Å². The Bertz CT molecular complexity index is 941. The van der Waals surface area contributed by atoms with E-state index in [2.05, 4.69) is 16.0 Å². The summed E-state index contributed by atoms with van der Waals surface area (Å²) in [5.41, 5.74) is 2.87. The summed E-state index contributed by atoms with van der Waals surface area (Å²) in [5, 5.41) is 0.593. The van der Waals surface area contributed by atoms with Crippen molar-refractivity contribution in [2.45, 2.75) is 6.54 Å². The van der Waals surface area contributed by atoms with E-state index in [0.29, 0.717) is 24.0 Å². The minimum atomic E-state index is 0.0327. The van der Waals surface area contributed by atoms with Crippen molar-refractivity contribution in [2.75, 3.05) is 26.2 Å². The normalized spacial score (nSPS) is 14.9. The van der Waals surface area contributed by atoms with Gasteiger partial charge in [0, 0.05) is 50.1 Å². The van der Waals surface area contributed by atoms with Crippen LogP contribution in [0.1, 0.15) is 16.7 Å². The molecule has 4 rings (SSSR count). The van der Waals surface area contributed by atoms with Gasteiger partial charge in [0.1, 0.15) is 5.92 Å². The van der Waals surface area contributed by atoms with Crippen molar-refractivity contribution in [3.63, 3.8) is 0 Å². The molecule has 5 heteroatoms. The molecule has 4 nitrogen and oxygen atoms in total. The lowest BCUT2D eigenvalue weighted by molar-refractivity contribution is -0.130. The van der Waals surface area contributed by atoms with E-state index in [9.17, 15) is 4.79 Å². The molecule has 0 N–H and O–H groups in total. The van der Waals surface area contributed by atoms with E-state index in [1.807, 2.05) is 71.8 Å². The summed E-state index contributed by atoms with van der Waals surface area (Å²) in [7, 11) is 0. The first-order valence-corrected chi connectivity index (χ1v) is 10.2. The van der Waals surface area contributed by atoms with E-state index in [4.69, 9.17) is 11.6 Å². The van der Waals surface area contributed by atoms with Gasteiger partial charge in [0.2, 0.25) is 5.91 Å². The van der Waals surface area contributed by atoms with Crippen molar-refractivity contribution in [3.8, 4) is 0 Å². The molecule has 0 aliphatic carbocycles. The van der Waals surface area contributed by atoms with Gasteiger partial charge < -0.3 is 4.90 Å². The first kappa shape index (κ1) is 19.6. The van der Waals surface area contributed by atoms with Gasteiger partial charge in [-0.25, -0.2) is 0 Å². The molecule has 0 unspecified atom stereocenters. The first-order chi connectivity index (χ1) is 14.2. The van der Waals surface area contributed by atoms with Gasteiger partial charge in [-0.3, -0.25) is 14.7 Å². The van der Waals surface area contributed by atoms with Crippen molar-refractivity contribution in [1.82, 2.24) is 14.8 Å². The lowest BCUT2D eigenvalue weighted by Gasteiger charge is -2.36. The number of carbonyl (C=O) groups is 1. The van der Waals surface area contributed by atoms with E-state index < -0.39 is 0 Å². The zero-order valence-corrected chi connectivity index (χ0v) is 16.9. The van der Waals surface area contributed by atoms with Gasteiger partial charge in [-0.2, -0.15) is 0 Å². The van der Waals surface area contributed by atoms with E-state index in [-0.39, 0.29) is 5.91 Å². The Labute approximate surface area is 176 Å². The standard InChI is InChI=1S/C24H23ClN3O/c25-22-11-5-4-10-21(22)23(20-8-2-1-3-9-20)24(29)28-15-13-27(14-16-28)18-19-7-6-12-26-17-19/h1-12,17H,13-16,18H2. The number of hydrogen-bond donors (Lipinski definition) is 0. The van der Waals surface area contributed by atoms with E-state index in [1.165, 1.54) is 5.56 Å². The zero-order valence-electron chi connectivity index (χ0n) is 16.2. The molecule has 1 saturated heterocycles. The fourth-order valence-corrected chi connectivity index (χ4v) is 3.91.